The summed E-state index contributed by atoms with van der Waals surface area (Å²) in [5, 5.41) is 6.97. The van der Waals surface area contributed by atoms with Gasteiger partial charge in [0.25, 0.3) is 10.0 Å². The Kier molecular flexibility index (Phi) is 6.79. The molecule has 1 N–H and O–H groups in total. The number of hydrogen-bond donors (Lipinski definition) is 1. The lowest BCUT2D eigenvalue weighted by molar-refractivity contribution is -0.120. The molecule has 8 nitrogen and oxygen atoms in total. The van der Waals surface area contributed by atoms with Gasteiger partial charge in [-0.3, -0.25) is 4.79 Å². The van der Waals surface area contributed by atoms with Crippen LogP contribution in [-0.2, 0) is 14.8 Å². The maximum Gasteiger partial charge on any atom is 0.252 e. The maximum atomic E-state index is 12.8. The van der Waals surface area contributed by atoms with Crippen LogP contribution in [0.3, 0.4) is 0 Å². The minimum atomic E-state index is -3.48. The number of piperidine rings is 1. The van der Waals surface area contributed by atoms with Crippen molar-refractivity contribution >= 4 is 43.7 Å². The number of ether oxygens (including phenoxy) is 2. The monoisotopic (exact) mass is 493 g/mol. The molecule has 1 fully saturated rings. The van der Waals surface area contributed by atoms with Crippen LogP contribution in [0.5, 0.6) is 11.5 Å². The second-order valence-electron chi connectivity index (χ2n) is 7.20. The fourth-order valence-corrected chi connectivity index (χ4v) is 6.90. The Bertz CT molecular complexity index is 1180. The minimum absolute atomic E-state index is 0.142. The standard InChI is InChI=1S/C21H23N3O5S3/c1-28-15-5-6-18(29-2)16(12-15)17-13-31-21(22-17)23-20(25)14-7-9-24(10-8-14)32(26,27)19-4-3-11-30-19/h3-6,11-14H,7-10H2,1-2H3,(H,22,23,25). The molecule has 170 valence electrons. The number of carbonyl (C=O) groups is 1. The van der Waals surface area contributed by atoms with Crippen LogP contribution in [0.15, 0.2) is 45.3 Å². The van der Waals surface area contributed by atoms with Gasteiger partial charge in [-0.05, 0) is 42.5 Å². The Hall–Kier alpha value is -2.47. The summed E-state index contributed by atoms with van der Waals surface area (Å²) in [5.74, 6) is 0.942. The van der Waals surface area contributed by atoms with Crippen LogP contribution in [0, 0.1) is 5.92 Å². The van der Waals surface area contributed by atoms with Crippen molar-refractivity contribution in [3.63, 3.8) is 0 Å². The molecule has 32 heavy (non-hydrogen) atoms. The lowest BCUT2D eigenvalue weighted by atomic mass is 9.97. The summed E-state index contributed by atoms with van der Waals surface area (Å²) in [5.41, 5.74) is 1.45. The fraction of sp³-hybridized carbons (Fsp3) is 0.333. The summed E-state index contributed by atoms with van der Waals surface area (Å²) in [4.78, 5) is 17.3. The normalized spacial score (nSPS) is 15.4. The van der Waals surface area contributed by atoms with Crippen molar-refractivity contribution in [3.8, 4) is 22.8 Å². The first-order valence-corrected chi connectivity index (χ1v) is 13.1. The maximum absolute atomic E-state index is 12.8. The highest BCUT2D eigenvalue weighted by Gasteiger charge is 2.32. The number of carbonyl (C=O) groups excluding carboxylic acids is 1. The number of benzene rings is 1. The molecule has 1 aromatic carbocycles. The molecule has 0 aliphatic carbocycles. The van der Waals surface area contributed by atoms with E-state index >= 15 is 0 Å². The Morgan fingerprint density at radius 2 is 1.94 bits per heavy atom. The first-order chi connectivity index (χ1) is 15.4. The molecule has 3 aromatic rings. The predicted octanol–water partition coefficient (Wildman–Crippen LogP) is 3.93. The van der Waals surface area contributed by atoms with Gasteiger partial charge in [-0.15, -0.1) is 22.7 Å². The Morgan fingerprint density at radius 3 is 2.59 bits per heavy atom. The van der Waals surface area contributed by atoms with Crippen molar-refractivity contribution in [1.29, 1.82) is 0 Å². The zero-order valence-electron chi connectivity index (χ0n) is 17.6. The van der Waals surface area contributed by atoms with E-state index in [1.807, 2.05) is 23.6 Å². The molecule has 3 heterocycles. The molecule has 1 saturated heterocycles. The lowest BCUT2D eigenvalue weighted by Gasteiger charge is -2.29. The number of anilines is 1. The number of nitrogens with zero attached hydrogens (tertiary/aromatic N) is 2. The number of aromatic nitrogens is 1. The molecule has 1 amide bonds. The Morgan fingerprint density at radius 1 is 1.16 bits per heavy atom. The van der Waals surface area contributed by atoms with Gasteiger partial charge in [0.15, 0.2) is 5.13 Å². The summed E-state index contributed by atoms with van der Waals surface area (Å²) in [6.07, 6.45) is 0.941. The van der Waals surface area contributed by atoms with Gasteiger partial charge in [-0.2, -0.15) is 4.31 Å². The number of thiazole rings is 1. The second kappa shape index (κ2) is 9.57. The highest BCUT2D eigenvalue weighted by molar-refractivity contribution is 7.91. The number of methoxy groups -OCH3 is 2. The summed E-state index contributed by atoms with van der Waals surface area (Å²) in [6.45, 7) is 0.644. The molecule has 0 unspecified atom stereocenters. The van der Waals surface area contributed by atoms with Gasteiger partial charge in [0.05, 0.1) is 19.9 Å². The minimum Gasteiger partial charge on any atom is -0.497 e. The van der Waals surface area contributed by atoms with E-state index in [1.165, 1.54) is 27.0 Å². The second-order valence-corrected chi connectivity index (χ2v) is 11.2. The fourth-order valence-electron chi connectivity index (χ4n) is 3.57. The molecule has 11 heteroatoms. The SMILES string of the molecule is COc1ccc(OC)c(-c2csc(NC(=O)C3CCN(S(=O)(=O)c4cccs4)CC3)n2)c1. The van der Waals surface area contributed by atoms with Crippen molar-refractivity contribution in [2.45, 2.75) is 17.1 Å². The zero-order valence-corrected chi connectivity index (χ0v) is 20.1. The van der Waals surface area contributed by atoms with E-state index in [4.69, 9.17) is 9.47 Å². The lowest BCUT2D eigenvalue weighted by Crippen LogP contribution is -2.41. The van der Waals surface area contributed by atoms with E-state index in [2.05, 4.69) is 10.3 Å². The van der Waals surface area contributed by atoms with Crippen LogP contribution in [0.2, 0.25) is 0 Å². The van der Waals surface area contributed by atoms with E-state index in [1.54, 1.807) is 31.7 Å². The van der Waals surface area contributed by atoms with Crippen molar-refractivity contribution in [1.82, 2.24) is 9.29 Å². The van der Waals surface area contributed by atoms with Crippen LogP contribution in [0.25, 0.3) is 11.3 Å². The van der Waals surface area contributed by atoms with Gasteiger partial charge in [-0.25, -0.2) is 13.4 Å². The molecule has 0 atom stereocenters. The number of sulfonamides is 1. The Balaban J connectivity index is 1.39. The molecule has 4 rings (SSSR count). The van der Waals surface area contributed by atoms with Crippen molar-refractivity contribution in [3.05, 3.63) is 41.1 Å². The van der Waals surface area contributed by atoms with Crippen LogP contribution >= 0.6 is 22.7 Å². The van der Waals surface area contributed by atoms with Crippen molar-refractivity contribution < 1.29 is 22.7 Å². The van der Waals surface area contributed by atoms with Gasteiger partial charge in [-0.1, -0.05) is 6.07 Å². The third-order valence-corrected chi connectivity index (χ3v) is 9.36. The topological polar surface area (TPSA) is 97.8 Å². The van der Waals surface area contributed by atoms with Crippen LogP contribution in [0.4, 0.5) is 5.13 Å². The number of nitrogens with one attached hydrogen (secondary N) is 1. The molecule has 0 bridgehead atoms. The summed E-state index contributed by atoms with van der Waals surface area (Å²) in [7, 11) is -0.297. The first kappa shape index (κ1) is 22.7. The third-order valence-electron chi connectivity index (χ3n) is 5.33. The van der Waals surface area contributed by atoms with Crippen LogP contribution in [-0.4, -0.2) is 50.9 Å². The molecule has 0 radical (unpaired) electrons. The number of hydrogen-bond acceptors (Lipinski definition) is 8. The zero-order chi connectivity index (χ0) is 22.7. The van der Waals surface area contributed by atoms with Gasteiger partial charge in [0.2, 0.25) is 5.91 Å². The van der Waals surface area contributed by atoms with E-state index in [0.717, 1.165) is 5.56 Å². The average Bonchev–Trinajstić information content (AvgIpc) is 3.51. The average molecular weight is 494 g/mol. The van der Waals surface area contributed by atoms with Crippen LogP contribution < -0.4 is 14.8 Å². The smallest absolute Gasteiger partial charge is 0.252 e. The molecule has 1 aliphatic rings. The van der Waals surface area contributed by atoms with Crippen LogP contribution in [0.1, 0.15) is 12.8 Å². The summed E-state index contributed by atoms with van der Waals surface area (Å²) >= 11 is 2.53. The van der Waals surface area contributed by atoms with E-state index in [9.17, 15) is 13.2 Å². The first-order valence-electron chi connectivity index (χ1n) is 9.95. The van der Waals surface area contributed by atoms with Gasteiger partial charge < -0.3 is 14.8 Å². The highest BCUT2D eigenvalue weighted by Crippen LogP contribution is 2.35. The van der Waals surface area contributed by atoms with Crippen molar-refractivity contribution in [2.24, 2.45) is 5.92 Å². The third kappa shape index (κ3) is 4.65. The molecular weight excluding hydrogens is 470 g/mol. The largest absolute Gasteiger partial charge is 0.497 e. The number of rotatable bonds is 7. The highest BCUT2D eigenvalue weighted by atomic mass is 32.2. The molecule has 0 saturated carbocycles. The van der Waals surface area contributed by atoms with Crippen molar-refractivity contribution in [2.75, 3.05) is 32.6 Å². The molecule has 1 aliphatic heterocycles. The van der Waals surface area contributed by atoms with Gasteiger partial charge >= 0.3 is 0 Å². The van der Waals surface area contributed by atoms with E-state index in [-0.39, 0.29) is 11.8 Å². The quantitative estimate of drug-likeness (QED) is 0.536. The number of thiophene rings is 1. The van der Waals surface area contributed by atoms with E-state index < -0.39 is 10.0 Å². The molecular formula is C21H23N3O5S3. The van der Waals surface area contributed by atoms with Gasteiger partial charge in [0, 0.05) is 30.0 Å². The Labute approximate surface area is 194 Å². The summed E-state index contributed by atoms with van der Waals surface area (Å²) in [6, 6.07) is 8.78. The molecule has 2 aromatic heterocycles. The predicted molar refractivity (Wildman–Crippen MR) is 125 cm³/mol. The van der Waals surface area contributed by atoms with E-state index in [0.29, 0.717) is 52.5 Å². The number of amides is 1. The summed E-state index contributed by atoms with van der Waals surface area (Å²) < 4.78 is 37.8. The van der Waals surface area contributed by atoms with Gasteiger partial charge in [0.1, 0.15) is 15.7 Å². The molecule has 0 spiro atoms.